The summed E-state index contributed by atoms with van der Waals surface area (Å²) in [5.41, 5.74) is 1.42. The third-order valence-electron chi connectivity index (χ3n) is 2.59. The van der Waals surface area contributed by atoms with Crippen LogP contribution in [0.4, 0.5) is 0 Å². The summed E-state index contributed by atoms with van der Waals surface area (Å²) in [5, 5.41) is 0. The summed E-state index contributed by atoms with van der Waals surface area (Å²) in [6, 6.07) is 0. The van der Waals surface area contributed by atoms with E-state index in [9.17, 15) is 0 Å². The second kappa shape index (κ2) is 3.30. The topological polar surface area (TPSA) is 15.6 Å². The summed E-state index contributed by atoms with van der Waals surface area (Å²) in [5.74, 6) is 0. The zero-order valence-electron chi connectivity index (χ0n) is 8.30. The van der Waals surface area contributed by atoms with Crippen LogP contribution in [0.5, 0.6) is 0 Å². The molecule has 0 aromatic carbocycles. The van der Waals surface area contributed by atoms with Crippen molar-refractivity contribution in [3.63, 3.8) is 0 Å². The van der Waals surface area contributed by atoms with Gasteiger partial charge in [-0.05, 0) is 6.42 Å². The van der Waals surface area contributed by atoms with Gasteiger partial charge in [0, 0.05) is 30.9 Å². The average molecular weight is 166 g/mol. The van der Waals surface area contributed by atoms with Gasteiger partial charge in [-0.2, -0.15) is 0 Å². The number of rotatable bonds is 0. The SMILES string of the molecule is C=C1N(C)CC=NCCC1(C)C. The zero-order chi connectivity index (χ0) is 9.19. The van der Waals surface area contributed by atoms with E-state index in [1.165, 1.54) is 5.70 Å². The lowest BCUT2D eigenvalue weighted by Crippen LogP contribution is -2.31. The molecule has 1 rings (SSSR count). The van der Waals surface area contributed by atoms with Crippen LogP contribution in [-0.4, -0.2) is 31.3 Å². The Morgan fingerprint density at radius 3 is 2.92 bits per heavy atom. The quantitative estimate of drug-likeness (QED) is 0.537. The monoisotopic (exact) mass is 166 g/mol. The second-order valence-electron chi connectivity index (χ2n) is 4.05. The van der Waals surface area contributed by atoms with Gasteiger partial charge in [-0.3, -0.25) is 4.99 Å². The molecule has 0 unspecified atom stereocenters. The maximum Gasteiger partial charge on any atom is 0.0521 e. The summed E-state index contributed by atoms with van der Waals surface area (Å²) >= 11 is 0. The van der Waals surface area contributed by atoms with E-state index in [0.717, 1.165) is 19.5 Å². The predicted octanol–water partition coefficient (Wildman–Crippen LogP) is 1.93. The van der Waals surface area contributed by atoms with E-state index in [0.29, 0.717) is 0 Å². The Morgan fingerprint density at radius 2 is 2.25 bits per heavy atom. The van der Waals surface area contributed by atoms with E-state index in [1.54, 1.807) is 0 Å². The second-order valence-corrected chi connectivity index (χ2v) is 4.05. The summed E-state index contributed by atoms with van der Waals surface area (Å²) in [6.45, 7) is 10.4. The van der Waals surface area contributed by atoms with Gasteiger partial charge < -0.3 is 4.90 Å². The number of hydrogen-bond donors (Lipinski definition) is 0. The molecule has 68 valence electrons. The fourth-order valence-corrected chi connectivity index (χ4v) is 1.39. The highest BCUT2D eigenvalue weighted by Crippen LogP contribution is 2.31. The molecule has 0 amide bonds. The van der Waals surface area contributed by atoms with Crippen molar-refractivity contribution in [3.05, 3.63) is 12.3 Å². The molecule has 0 aromatic rings. The molecule has 12 heavy (non-hydrogen) atoms. The lowest BCUT2D eigenvalue weighted by atomic mass is 9.85. The molecule has 0 saturated carbocycles. The maximum absolute atomic E-state index is 4.30. The van der Waals surface area contributed by atoms with Crippen molar-refractivity contribution in [2.45, 2.75) is 20.3 Å². The summed E-state index contributed by atoms with van der Waals surface area (Å²) in [4.78, 5) is 6.47. The van der Waals surface area contributed by atoms with E-state index in [1.807, 2.05) is 6.21 Å². The minimum Gasteiger partial charge on any atom is -0.373 e. The summed E-state index contributed by atoms with van der Waals surface area (Å²) in [7, 11) is 2.07. The van der Waals surface area contributed by atoms with Crippen LogP contribution in [-0.2, 0) is 0 Å². The average Bonchev–Trinajstić information content (AvgIpc) is 2.00. The van der Waals surface area contributed by atoms with Crippen LogP contribution in [0.25, 0.3) is 0 Å². The summed E-state index contributed by atoms with van der Waals surface area (Å²) in [6.07, 6.45) is 3.06. The van der Waals surface area contributed by atoms with Gasteiger partial charge in [0.2, 0.25) is 0 Å². The summed E-state index contributed by atoms with van der Waals surface area (Å²) < 4.78 is 0. The first-order chi connectivity index (χ1) is 5.54. The first-order valence-corrected chi connectivity index (χ1v) is 4.43. The Hall–Kier alpha value is -0.790. The molecule has 1 aliphatic heterocycles. The van der Waals surface area contributed by atoms with E-state index in [-0.39, 0.29) is 5.41 Å². The highest BCUT2D eigenvalue weighted by atomic mass is 15.1. The standard InChI is InChI=1S/C10H18N2/c1-9-10(2,3)5-6-11-7-8-12(9)4/h7H,1,5-6,8H2,2-4H3. The Labute approximate surface area is 75.0 Å². The van der Waals surface area contributed by atoms with E-state index >= 15 is 0 Å². The largest absolute Gasteiger partial charge is 0.373 e. The van der Waals surface area contributed by atoms with Crippen molar-refractivity contribution in [3.8, 4) is 0 Å². The number of aliphatic imine (C=N–C) groups is 1. The molecule has 0 N–H and O–H groups in total. The van der Waals surface area contributed by atoms with Crippen LogP contribution in [0.15, 0.2) is 17.3 Å². The normalized spacial score (nSPS) is 23.6. The highest BCUT2D eigenvalue weighted by Gasteiger charge is 2.24. The lowest BCUT2D eigenvalue weighted by molar-refractivity contribution is 0.298. The Balaban J connectivity index is 2.79. The molecule has 0 bridgehead atoms. The van der Waals surface area contributed by atoms with E-state index in [2.05, 4.69) is 37.4 Å². The van der Waals surface area contributed by atoms with Crippen molar-refractivity contribution in [2.75, 3.05) is 20.1 Å². The molecule has 0 aliphatic carbocycles. The van der Waals surface area contributed by atoms with Crippen LogP contribution in [0.2, 0.25) is 0 Å². The van der Waals surface area contributed by atoms with Gasteiger partial charge in [0.1, 0.15) is 0 Å². The fourth-order valence-electron chi connectivity index (χ4n) is 1.39. The van der Waals surface area contributed by atoms with Gasteiger partial charge in [0.15, 0.2) is 0 Å². The molecule has 1 aliphatic rings. The van der Waals surface area contributed by atoms with Gasteiger partial charge >= 0.3 is 0 Å². The first kappa shape index (κ1) is 9.30. The van der Waals surface area contributed by atoms with Crippen molar-refractivity contribution in [2.24, 2.45) is 10.4 Å². The third kappa shape index (κ3) is 1.87. The van der Waals surface area contributed by atoms with Crippen LogP contribution >= 0.6 is 0 Å². The molecule has 1 heterocycles. The fraction of sp³-hybridized carbons (Fsp3) is 0.700. The van der Waals surface area contributed by atoms with Gasteiger partial charge in [0.05, 0.1) is 6.54 Å². The number of nitrogens with zero attached hydrogens (tertiary/aromatic N) is 2. The van der Waals surface area contributed by atoms with Gasteiger partial charge in [-0.25, -0.2) is 0 Å². The predicted molar refractivity (Wildman–Crippen MR) is 53.5 cm³/mol. The lowest BCUT2D eigenvalue weighted by Gasteiger charge is -2.34. The third-order valence-corrected chi connectivity index (χ3v) is 2.59. The van der Waals surface area contributed by atoms with Gasteiger partial charge in [0.25, 0.3) is 0 Å². The minimum absolute atomic E-state index is 0.201. The Morgan fingerprint density at radius 1 is 1.58 bits per heavy atom. The smallest absolute Gasteiger partial charge is 0.0521 e. The van der Waals surface area contributed by atoms with Crippen molar-refractivity contribution in [1.82, 2.24) is 4.90 Å². The molecule has 0 aromatic heterocycles. The van der Waals surface area contributed by atoms with Crippen LogP contribution < -0.4 is 0 Å². The maximum atomic E-state index is 4.30. The molecule has 0 saturated heterocycles. The zero-order valence-corrected chi connectivity index (χ0v) is 8.30. The van der Waals surface area contributed by atoms with Crippen LogP contribution in [0.3, 0.4) is 0 Å². The van der Waals surface area contributed by atoms with Crippen molar-refractivity contribution >= 4 is 6.21 Å². The van der Waals surface area contributed by atoms with E-state index in [4.69, 9.17) is 0 Å². The molecule has 2 heteroatoms. The molecule has 0 atom stereocenters. The molecule has 0 radical (unpaired) electrons. The molecular weight excluding hydrogens is 148 g/mol. The van der Waals surface area contributed by atoms with Gasteiger partial charge in [-0.15, -0.1) is 0 Å². The molecular formula is C10H18N2. The first-order valence-electron chi connectivity index (χ1n) is 4.43. The molecule has 2 nitrogen and oxygen atoms in total. The van der Waals surface area contributed by atoms with Crippen molar-refractivity contribution < 1.29 is 0 Å². The van der Waals surface area contributed by atoms with Gasteiger partial charge in [-0.1, -0.05) is 20.4 Å². The molecule has 0 fully saturated rings. The Bertz CT molecular complexity index is 204. The van der Waals surface area contributed by atoms with Crippen LogP contribution in [0, 0.1) is 5.41 Å². The number of hydrogen-bond acceptors (Lipinski definition) is 2. The number of allylic oxidation sites excluding steroid dienone is 1. The van der Waals surface area contributed by atoms with Crippen molar-refractivity contribution in [1.29, 1.82) is 0 Å². The molecule has 0 spiro atoms. The Kier molecular flexibility index (Phi) is 2.55. The van der Waals surface area contributed by atoms with Crippen LogP contribution in [0.1, 0.15) is 20.3 Å². The highest BCUT2D eigenvalue weighted by molar-refractivity contribution is 5.60. The minimum atomic E-state index is 0.201. The van der Waals surface area contributed by atoms with E-state index < -0.39 is 0 Å².